The van der Waals surface area contributed by atoms with Gasteiger partial charge in [0.2, 0.25) is 0 Å². The Morgan fingerprint density at radius 1 is 1.02 bits per heavy atom. The maximum atomic E-state index is 13.8. The molecule has 3 fully saturated rings. The molecule has 2 aromatic heterocycles. The topological polar surface area (TPSA) is 65.9 Å². The maximum Gasteiger partial charge on any atom is 0.406 e. The zero-order valence-electron chi connectivity index (χ0n) is 23.0. The molecular formula is C30H35F3N6O2. The van der Waals surface area contributed by atoms with Crippen LogP contribution in [0.3, 0.4) is 0 Å². The first-order valence-electron chi connectivity index (χ1n) is 14.7. The summed E-state index contributed by atoms with van der Waals surface area (Å²) in [4.78, 5) is 23.2. The highest BCUT2D eigenvalue weighted by Crippen LogP contribution is 2.38. The van der Waals surface area contributed by atoms with Gasteiger partial charge in [-0.15, -0.1) is 0 Å². The molecule has 4 aliphatic rings. The van der Waals surface area contributed by atoms with Gasteiger partial charge in [-0.3, -0.25) is 14.3 Å². The molecule has 1 saturated carbocycles. The lowest BCUT2D eigenvalue weighted by Gasteiger charge is -2.30. The van der Waals surface area contributed by atoms with E-state index in [0.717, 1.165) is 73.4 Å². The number of aromatic nitrogens is 2. The average molecular weight is 569 g/mol. The Balaban J connectivity index is 1.28. The van der Waals surface area contributed by atoms with E-state index in [2.05, 4.69) is 15.2 Å². The highest BCUT2D eigenvalue weighted by molar-refractivity contribution is 5.97. The van der Waals surface area contributed by atoms with Gasteiger partial charge in [-0.25, -0.2) is 4.98 Å². The first-order chi connectivity index (χ1) is 19.9. The van der Waals surface area contributed by atoms with Crippen LogP contribution in [-0.2, 0) is 17.8 Å². The Morgan fingerprint density at radius 3 is 2.68 bits per heavy atom. The molecule has 0 amide bonds. The second kappa shape index (κ2) is 10.6. The number of benzene rings is 1. The van der Waals surface area contributed by atoms with Crippen LogP contribution < -0.4 is 15.9 Å². The van der Waals surface area contributed by atoms with Gasteiger partial charge >= 0.3 is 6.18 Å². The fourth-order valence-corrected chi connectivity index (χ4v) is 6.61. The Morgan fingerprint density at radius 2 is 1.90 bits per heavy atom. The van der Waals surface area contributed by atoms with Gasteiger partial charge in [0.15, 0.2) is 0 Å². The molecule has 1 aromatic carbocycles. The molecule has 0 spiro atoms. The number of fused-ring (bicyclic) bond motifs is 3. The summed E-state index contributed by atoms with van der Waals surface area (Å²) in [5.74, 6) is 0.828. The summed E-state index contributed by atoms with van der Waals surface area (Å²) in [6, 6.07) is 10.0. The molecule has 2 saturated heterocycles. The number of halogens is 3. The fraction of sp³-hybridized carbons (Fsp3) is 0.533. The van der Waals surface area contributed by atoms with E-state index in [1.807, 2.05) is 29.3 Å². The van der Waals surface area contributed by atoms with E-state index in [1.165, 1.54) is 12.8 Å². The summed E-state index contributed by atoms with van der Waals surface area (Å²) in [5.41, 5.74) is 5.46. The lowest BCUT2D eigenvalue weighted by atomic mass is 10.0. The molecule has 8 nitrogen and oxygen atoms in total. The van der Waals surface area contributed by atoms with Crippen LogP contribution in [-0.4, -0.2) is 70.7 Å². The van der Waals surface area contributed by atoms with Crippen molar-refractivity contribution in [2.45, 2.75) is 70.1 Å². The van der Waals surface area contributed by atoms with Gasteiger partial charge in [0.05, 0.1) is 23.3 Å². The molecule has 0 radical (unpaired) electrons. The number of pyridine rings is 2. The molecule has 3 aliphatic heterocycles. The van der Waals surface area contributed by atoms with Crippen LogP contribution in [0.1, 0.15) is 44.1 Å². The lowest BCUT2D eigenvalue weighted by molar-refractivity contribution is -0.140. The van der Waals surface area contributed by atoms with E-state index in [0.29, 0.717) is 29.3 Å². The molecule has 1 aliphatic carbocycles. The molecular weight excluding hydrogens is 533 g/mol. The lowest BCUT2D eigenvalue weighted by Crippen LogP contribution is -2.40. The van der Waals surface area contributed by atoms with E-state index < -0.39 is 18.3 Å². The van der Waals surface area contributed by atoms with Crippen molar-refractivity contribution in [3.05, 3.63) is 52.4 Å². The van der Waals surface area contributed by atoms with Crippen LogP contribution in [0.5, 0.6) is 0 Å². The van der Waals surface area contributed by atoms with Gasteiger partial charge in [-0.2, -0.15) is 18.2 Å². The van der Waals surface area contributed by atoms with Crippen molar-refractivity contribution in [2.24, 2.45) is 0 Å². The number of hydrogen-bond acceptors (Lipinski definition) is 7. The summed E-state index contributed by atoms with van der Waals surface area (Å²) < 4.78 is 48.2. The second-order valence-corrected chi connectivity index (χ2v) is 11.6. The summed E-state index contributed by atoms with van der Waals surface area (Å²) in [6.45, 7) is 3.26. The van der Waals surface area contributed by atoms with E-state index in [4.69, 9.17) is 9.72 Å². The molecule has 7 rings (SSSR count). The summed E-state index contributed by atoms with van der Waals surface area (Å²) in [6.07, 6.45) is 3.37. The number of anilines is 2. The zero-order valence-corrected chi connectivity index (χ0v) is 23.0. The SMILES string of the molecule is O=c1c2c(c3ccc(-c4cccnc4N4CCCN(C5CC5)CC4)cc3n1CC(F)(F)F)NN(C1CCCCO1)C2. The predicted octanol–water partition coefficient (Wildman–Crippen LogP) is 4.97. The minimum atomic E-state index is -4.54. The van der Waals surface area contributed by atoms with Crippen LogP contribution in [0, 0.1) is 0 Å². The van der Waals surface area contributed by atoms with E-state index in [-0.39, 0.29) is 18.3 Å². The predicted molar refractivity (Wildman–Crippen MR) is 152 cm³/mol. The minimum absolute atomic E-state index is 0.202. The second-order valence-electron chi connectivity index (χ2n) is 11.6. The first kappa shape index (κ1) is 26.7. The average Bonchev–Trinajstić information content (AvgIpc) is 3.76. The monoisotopic (exact) mass is 568 g/mol. The third kappa shape index (κ3) is 5.30. The number of ether oxygens (including phenoxy) is 1. The highest BCUT2D eigenvalue weighted by atomic mass is 19.4. The van der Waals surface area contributed by atoms with Gasteiger partial charge in [0.25, 0.3) is 5.56 Å². The van der Waals surface area contributed by atoms with Crippen molar-refractivity contribution in [2.75, 3.05) is 43.1 Å². The summed E-state index contributed by atoms with van der Waals surface area (Å²) in [7, 11) is 0. The largest absolute Gasteiger partial charge is 0.406 e. The summed E-state index contributed by atoms with van der Waals surface area (Å²) >= 11 is 0. The maximum absolute atomic E-state index is 13.8. The van der Waals surface area contributed by atoms with E-state index >= 15 is 0 Å². The number of nitrogens with zero attached hydrogens (tertiary/aromatic N) is 5. The fourth-order valence-electron chi connectivity index (χ4n) is 6.61. The van der Waals surface area contributed by atoms with Gasteiger partial charge in [0.1, 0.15) is 18.6 Å². The van der Waals surface area contributed by atoms with Crippen LogP contribution in [0.4, 0.5) is 24.7 Å². The zero-order chi connectivity index (χ0) is 28.1. The van der Waals surface area contributed by atoms with Crippen LogP contribution >= 0.6 is 0 Å². The van der Waals surface area contributed by atoms with Gasteiger partial charge in [0, 0.05) is 56.0 Å². The molecule has 5 heterocycles. The first-order valence-corrected chi connectivity index (χ1v) is 14.7. The summed E-state index contributed by atoms with van der Waals surface area (Å²) in [5, 5.41) is 2.44. The molecule has 1 N–H and O–H groups in total. The minimum Gasteiger partial charge on any atom is -0.361 e. The van der Waals surface area contributed by atoms with Crippen molar-refractivity contribution in [3.8, 4) is 11.1 Å². The van der Waals surface area contributed by atoms with Crippen molar-refractivity contribution in [3.63, 3.8) is 0 Å². The molecule has 1 atom stereocenters. The van der Waals surface area contributed by atoms with E-state index in [9.17, 15) is 18.0 Å². The molecule has 3 aromatic rings. The van der Waals surface area contributed by atoms with Crippen molar-refractivity contribution in [1.29, 1.82) is 0 Å². The van der Waals surface area contributed by atoms with Crippen LogP contribution in [0.2, 0.25) is 0 Å². The van der Waals surface area contributed by atoms with Crippen molar-refractivity contribution >= 4 is 22.4 Å². The Hall–Kier alpha value is -3.15. The smallest absolute Gasteiger partial charge is 0.361 e. The molecule has 218 valence electrons. The van der Waals surface area contributed by atoms with Gasteiger partial charge in [-0.05, 0) is 62.3 Å². The quantitative estimate of drug-likeness (QED) is 0.466. The van der Waals surface area contributed by atoms with Crippen molar-refractivity contribution in [1.82, 2.24) is 19.5 Å². The Kier molecular flexibility index (Phi) is 6.91. The van der Waals surface area contributed by atoms with Gasteiger partial charge in [-0.1, -0.05) is 12.1 Å². The number of rotatable bonds is 5. The third-order valence-electron chi connectivity index (χ3n) is 8.78. The number of alkyl halides is 3. The van der Waals surface area contributed by atoms with E-state index in [1.54, 1.807) is 12.3 Å². The van der Waals surface area contributed by atoms with Gasteiger partial charge < -0.3 is 15.1 Å². The number of hydrogen-bond donors (Lipinski definition) is 1. The molecule has 11 heteroatoms. The normalized spacial score (nSPS) is 22.5. The van der Waals surface area contributed by atoms with Crippen LogP contribution in [0.25, 0.3) is 22.0 Å². The third-order valence-corrected chi connectivity index (χ3v) is 8.78. The number of nitrogens with one attached hydrogen (secondary N) is 1. The van der Waals surface area contributed by atoms with Crippen LogP contribution in [0.15, 0.2) is 41.3 Å². The Labute approximate surface area is 236 Å². The standard InChI is InChI=1S/C30H35F3N6O2/c31-30(32,33)19-38-25-17-20(22-5-3-11-34-28(22)37-13-4-12-36(14-15-37)21-8-9-21)7-10-23(25)27-24(29(38)40)18-39(35-27)26-6-1-2-16-41-26/h3,5,7,10-11,17,21,26,35H,1-2,4,6,8-9,12-16,18-19H2. The molecule has 0 bridgehead atoms. The highest BCUT2D eigenvalue weighted by Gasteiger charge is 2.35. The number of hydrazine groups is 1. The van der Waals surface area contributed by atoms with Crippen molar-refractivity contribution < 1.29 is 17.9 Å². The molecule has 1 unspecified atom stereocenters. The molecule has 41 heavy (non-hydrogen) atoms. The Bertz CT molecular complexity index is 1500.